The molecule has 1 atom stereocenters. The Hall–Kier alpha value is -2.41. The fraction of sp³-hybridized carbons (Fsp3) is 0.294. The average molecular weight is 348 g/mol. The molecule has 0 saturated carbocycles. The second-order valence-corrected chi connectivity index (χ2v) is 7.28. The zero-order chi connectivity index (χ0) is 17.6. The lowest BCUT2D eigenvalue weighted by molar-refractivity contribution is -0.120. The van der Waals surface area contributed by atoms with E-state index >= 15 is 0 Å². The molecule has 2 rings (SSSR count). The Morgan fingerprint density at radius 1 is 1.25 bits per heavy atom. The molecule has 128 valence electrons. The number of rotatable bonds is 7. The van der Waals surface area contributed by atoms with E-state index in [1.165, 1.54) is 25.4 Å². The molecule has 0 aliphatic rings. The van der Waals surface area contributed by atoms with Crippen LogP contribution in [0.1, 0.15) is 24.2 Å². The van der Waals surface area contributed by atoms with Gasteiger partial charge in [-0.1, -0.05) is 13.0 Å². The average Bonchev–Trinajstić information content (AvgIpc) is 2.62. The van der Waals surface area contributed by atoms with Gasteiger partial charge in [0.05, 0.1) is 12.0 Å². The lowest BCUT2D eigenvalue weighted by Gasteiger charge is -2.18. The van der Waals surface area contributed by atoms with Crippen LogP contribution >= 0.6 is 0 Å². The molecule has 0 aliphatic carbocycles. The quantitative estimate of drug-likeness (QED) is 0.828. The molecule has 1 N–H and O–H groups in total. The molecule has 0 spiro atoms. The van der Waals surface area contributed by atoms with Gasteiger partial charge in [0.25, 0.3) is 0 Å². The van der Waals surface area contributed by atoms with Gasteiger partial charge >= 0.3 is 0 Å². The first-order valence-corrected chi connectivity index (χ1v) is 9.08. The number of pyridine rings is 1. The Labute approximate surface area is 141 Å². The van der Waals surface area contributed by atoms with E-state index in [2.05, 4.69) is 10.3 Å². The monoisotopic (exact) mass is 348 g/mol. The Morgan fingerprint density at radius 2 is 1.96 bits per heavy atom. The van der Waals surface area contributed by atoms with E-state index in [1.807, 2.05) is 0 Å². The van der Waals surface area contributed by atoms with Crippen LogP contribution in [-0.2, 0) is 14.6 Å². The van der Waals surface area contributed by atoms with Gasteiger partial charge in [0.1, 0.15) is 11.0 Å². The Balaban J connectivity index is 2.38. The highest BCUT2D eigenvalue weighted by molar-refractivity contribution is 7.91. The van der Waals surface area contributed by atoms with Crippen molar-refractivity contribution in [1.82, 2.24) is 10.3 Å². The summed E-state index contributed by atoms with van der Waals surface area (Å²) in [4.78, 5) is 15.7. The number of methoxy groups -OCH3 is 1. The van der Waals surface area contributed by atoms with Crippen molar-refractivity contribution in [1.29, 1.82) is 0 Å². The van der Waals surface area contributed by atoms with Crippen LogP contribution in [0.25, 0.3) is 0 Å². The zero-order valence-electron chi connectivity index (χ0n) is 13.6. The molecule has 0 fully saturated rings. The van der Waals surface area contributed by atoms with Gasteiger partial charge in [0, 0.05) is 25.4 Å². The van der Waals surface area contributed by atoms with Crippen molar-refractivity contribution < 1.29 is 17.9 Å². The molecule has 0 saturated heterocycles. The van der Waals surface area contributed by atoms with Crippen LogP contribution in [-0.4, -0.2) is 33.0 Å². The summed E-state index contributed by atoms with van der Waals surface area (Å²) in [5.74, 6) is 0.375. The molecule has 24 heavy (non-hydrogen) atoms. The lowest BCUT2D eigenvalue weighted by atomic mass is 10.2. The first-order valence-electron chi connectivity index (χ1n) is 7.53. The van der Waals surface area contributed by atoms with Gasteiger partial charge in [0.15, 0.2) is 9.84 Å². The van der Waals surface area contributed by atoms with Gasteiger partial charge in [0.2, 0.25) is 5.91 Å². The highest BCUT2D eigenvalue weighted by Gasteiger charge is 2.29. The van der Waals surface area contributed by atoms with Crippen LogP contribution in [0.5, 0.6) is 5.75 Å². The standard InChI is InChI=1S/C17H20N2O4S/c1-3-17(20)19-12-16(13-5-4-10-18-11-13)24(21,22)15-8-6-14(23-2)7-9-15/h4-11,16H,3,12H2,1-2H3,(H,19,20)/t16-/m1/s1. The fourth-order valence-electron chi connectivity index (χ4n) is 2.23. The Bertz CT molecular complexity index is 774. The van der Waals surface area contributed by atoms with E-state index in [4.69, 9.17) is 4.74 Å². The highest BCUT2D eigenvalue weighted by Crippen LogP contribution is 2.29. The maximum atomic E-state index is 13.0. The van der Waals surface area contributed by atoms with Crippen LogP contribution < -0.4 is 10.1 Å². The second-order valence-electron chi connectivity index (χ2n) is 5.15. The van der Waals surface area contributed by atoms with Crippen molar-refractivity contribution in [3.63, 3.8) is 0 Å². The Kier molecular flexibility index (Phi) is 5.92. The zero-order valence-corrected chi connectivity index (χ0v) is 14.4. The molecule has 0 aliphatic heterocycles. The number of hydrogen-bond acceptors (Lipinski definition) is 5. The summed E-state index contributed by atoms with van der Waals surface area (Å²) in [5, 5.41) is 1.75. The number of sulfone groups is 1. The minimum atomic E-state index is -3.69. The van der Waals surface area contributed by atoms with Crippen LogP contribution in [0, 0.1) is 0 Å². The van der Waals surface area contributed by atoms with Crippen molar-refractivity contribution in [3.05, 3.63) is 54.4 Å². The SMILES string of the molecule is CCC(=O)NC[C@H](c1cccnc1)S(=O)(=O)c1ccc(OC)cc1. The molecule has 6 nitrogen and oxygen atoms in total. The number of amides is 1. The van der Waals surface area contributed by atoms with E-state index < -0.39 is 15.1 Å². The third-order valence-corrected chi connectivity index (χ3v) is 5.74. The molecule has 2 aromatic rings. The smallest absolute Gasteiger partial charge is 0.219 e. The highest BCUT2D eigenvalue weighted by atomic mass is 32.2. The molecule has 7 heteroatoms. The van der Waals surface area contributed by atoms with Gasteiger partial charge in [-0.3, -0.25) is 9.78 Å². The maximum absolute atomic E-state index is 13.0. The molecule has 0 radical (unpaired) electrons. The third-order valence-electron chi connectivity index (χ3n) is 3.62. The maximum Gasteiger partial charge on any atom is 0.219 e. The molecular weight excluding hydrogens is 328 g/mol. The van der Waals surface area contributed by atoms with E-state index in [0.29, 0.717) is 17.7 Å². The summed E-state index contributed by atoms with van der Waals surface area (Å²) < 4.78 is 31.1. The van der Waals surface area contributed by atoms with Crippen LogP contribution in [0.3, 0.4) is 0 Å². The van der Waals surface area contributed by atoms with E-state index in [9.17, 15) is 13.2 Å². The fourth-order valence-corrected chi connectivity index (χ4v) is 3.88. The van der Waals surface area contributed by atoms with E-state index in [0.717, 1.165) is 0 Å². The number of nitrogens with zero attached hydrogens (tertiary/aromatic N) is 1. The number of nitrogens with one attached hydrogen (secondary N) is 1. The summed E-state index contributed by atoms with van der Waals surface area (Å²) in [6.07, 6.45) is 3.37. The minimum Gasteiger partial charge on any atom is -0.497 e. The second kappa shape index (κ2) is 7.92. The van der Waals surface area contributed by atoms with E-state index in [-0.39, 0.29) is 17.3 Å². The van der Waals surface area contributed by atoms with Gasteiger partial charge in [-0.15, -0.1) is 0 Å². The van der Waals surface area contributed by atoms with Crippen molar-refractivity contribution >= 4 is 15.7 Å². The molecule has 1 aromatic heterocycles. The summed E-state index contributed by atoms with van der Waals surface area (Å²) in [6.45, 7) is 1.71. The number of benzene rings is 1. The minimum absolute atomic E-state index is 0.00721. The third kappa shape index (κ3) is 4.11. The first kappa shape index (κ1) is 17.9. The van der Waals surface area contributed by atoms with Crippen LogP contribution in [0.15, 0.2) is 53.7 Å². The predicted molar refractivity (Wildman–Crippen MR) is 90.5 cm³/mol. The normalized spacial score (nSPS) is 12.4. The number of ether oxygens (including phenoxy) is 1. The predicted octanol–water partition coefficient (Wildman–Crippen LogP) is 2.13. The number of aromatic nitrogens is 1. The van der Waals surface area contributed by atoms with Gasteiger partial charge < -0.3 is 10.1 Å². The summed E-state index contributed by atoms with van der Waals surface area (Å²) in [5.41, 5.74) is 0.532. The number of carbonyl (C=O) groups excluding carboxylic acids is 1. The summed E-state index contributed by atoms with van der Waals surface area (Å²) >= 11 is 0. The topological polar surface area (TPSA) is 85.4 Å². The van der Waals surface area contributed by atoms with E-state index in [1.54, 1.807) is 37.4 Å². The van der Waals surface area contributed by atoms with Crippen LogP contribution in [0.2, 0.25) is 0 Å². The van der Waals surface area contributed by atoms with Crippen molar-refractivity contribution in [2.75, 3.05) is 13.7 Å². The molecule has 0 unspecified atom stereocenters. The molecular formula is C17H20N2O4S. The molecule has 1 heterocycles. The molecule has 0 bridgehead atoms. The van der Waals surface area contributed by atoms with Crippen molar-refractivity contribution in [2.24, 2.45) is 0 Å². The number of hydrogen-bond donors (Lipinski definition) is 1. The largest absolute Gasteiger partial charge is 0.497 e. The van der Waals surface area contributed by atoms with Crippen LogP contribution in [0.4, 0.5) is 0 Å². The number of carbonyl (C=O) groups is 1. The molecule has 1 aromatic carbocycles. The summed E-state index contributed by atoms with van der Waals surface area (Å²) in [6, 6.07) is 9.55. The van der Waals surface area contributed by atoms with Crippen molar-refractivity contribution in [2.45, 2.75) is 23.5 Å². The van der Waals surface area contributed by atoms with Gasteiger partial charge in [-0.2, -0.15) is 0 Å². The molecule has 1 amide bonds. The summed E-state index contributed by atoms with van der Waals surface area (Å²) in [7, 11) is -2.18. The first-order chi connectivity index (χ1) is 11.5. The van der Waals surface area contributed by atoms with Gasteiger partial charge in [-0.05, 0) is 35.9 Å². The lowest BCUT2D eigenvalue weighted by Crippen LogP contribution is -2.31. The Morgan fingerprint density at radius 3 is 2.50 bits per heavy atom. The van der Waals surface area contributed by atoms with Gasteiger partial charge in [-0.25, -0.2) is 8.42 Å². The van der Waals surface area contributed by atoms with Crippen molar-refractivity contribution in [3.8, 4) is 5.75 Å².